The molecule has 1 atom stereocenters. The van der Waals surface area contributed by atoms with E-state index in [2.05, 4.69) is 44.1 Å². The van der Waals surface area contributed by atoms with Gasteiger partial charge in [0.15, 0.2) is 11.5 Å². The SMILES string of the molecule is CC(=O)Nc1cnc(N2CCN([C@@H](C)c3ccc4c(c3)OCO4)CC2)nc1. The minimum atomic E-state index is -0.127. The summed E-state index contributed by atoms with van der Waals surface area (Å²) in [5.74, 6) is 2.21. The van der Waals surface area contributed by atoms with Crippen LogP contribution in [0.3, 0.4) is 0 Å². The second kappa shape index (κ2) is 7.40. The van der Waals surface area contributed by atoms with Crippen molar-refractivity contribution in [2.45, 2.75) is 19.9 Å². The molecule has 8 nitrogen and oxygen atoms in total. The number of piperazine rings is 1. The van der Waals surface area contributed by atoms with Crippen LogP contribution in [0.25, 0.3) is 0 Å². The summed E-state index contributed by atoms with van der Waals surface area (Å²) in [6.07, 6.45) is 3.29. The Labute approximate surface area is 158 Å². The standard InChI is InChI=1S/C19H23N5O3/c1-13(15-3-4-17-18(9-15)27-12-26-17)23-5-7-24(8-6-23)19-20-10-16(11-21-19)22-14(2)25/h3-4,9-11,13H,5-8,12H2,1-2H3,(H,22,25)/t13-/m0/s1. The molecule has 1 aromatic heterocycles. The smallest absolute Gasteiger partial charge is 0.231 e. The highest BCUT2D eigenvalue weighted by molar-refractivity contribution is 5.88. The van der Waals surface area contributed by atoms with Gasteiger partial charge in [0.2, 0.25) is 18.6 Å². The van der Waals surface area contributed by atoms with Crippen molar-refractivity contribution >= 4 is 17.5 Å². The molecular formula is C19H23N5O3. The third-order valence-corrected chi connectivity index (χ3v) is 4.98. The van der Waals surface area contributed by atoms with Crippen LogP contribution in [0.1, 0.15) is 25.5 Å². The molecule has 1 fully saturated rings. The average molecular weight is 369 g/mol. The number of carbonyl (C=O) groups is 1. The van der Waals surface area contributed by atoms with Crippen molar-refractivity contribution in [2.24, 2.45) is 0 Å². The molecule has 27 heavy (non-hydrogen) atoms. The van der Waals surface area contributed by atoms with Gasteiger partial charge in [0.05, 0.1) is 18.1 Å². The van der Waals surface area contributed by atoms with E-state index in [-0.39, 0.29) is 5.91 Å². The quantitative estimate of drug-likeness (QED) is 0.883. The monoisotopic (exact) mass is 369 g/mol. The number of nitrogens with one attached hydrogen (secondary N) is 1. The molecule has 0 radical (unpaired) electrons. The van der Waals surface area contributed by atoms with Gasteiger partial charge in [-0.15, -0.1) is 0 Å². The van der Waals surface area contributed by atoms with E-state index < -0.39 is 0 Å². The van der Waals surface area contributed by atoms with E-state index in [9.17, 15) is 4.79 Å². The lowest BCUT2D eigenvalue weighted by molar-refractivity contribution is -0.114. The van der Waals surface area contributed by atoms with Gasteiger partial charge < -0.3 is 19.7 Å². The number of rotatable bonds is 4. The Morgan fingerprint density at radius 3 is 2.52 bits per heavy atom. The molecule has 1 saturated heterocycles. The Bertz CT molecular complexity index is 819. The molecule has 2 aliphatic heterocycles. The maximum absolute atomic E-state index is 11.1. The molecule has 1 amide bonds. The van der Waals surface area contributed by atoms with Crippen molar-refractivity contribution in [3.63, 3.8) is 0 Å². The zero-order valence-corrected chi connectivity index (χ0v) is 15.5. The number of benzene rings is 1. The summed E-state index contributed by atoms with van der Waals surface area (Å²) < 4.78 is 10.9. The van der Waals surface area contributed by atoms with Gasteiger partial charge in [0, 0.05) is 39.1 Å². The first kappa shape index (κ1) is 17.5. The highest BCUT2D eigenvalue weighted by Crippen LogP contribution is 2.35. The first-order chi connectivity index (χ1) is 13.1. The number of nitrogens with zero attached hydrogens (tertiary/aromatic N) is 4. The van der Waals surface area contributed by atoms with Gasteiger partial charge in [-0.05, 0) is 24.6 Å². The first-order valence-electron chi connectivity index (χ1n) is 9.08. The molecule has 0 aliphatic carbocycles. The number of amides is 1. The molecule has 0 spiro atoms. The molecule has 0 unspecified atom stereocenters. The fourth-order valence-electron chi connectivity index (χ4n) is 3.45. The van der Waals surface area contributed by atoms with E-state index >= 15 is 0 Å². The maximum atomic E-state index is 11.1. The Hall–Kier alpha value is -2.87. The van der Waals surface area contributed by atoms with Gasteiger partial charge in [0.25, 0.3) is 0 Å². The lowest BCUT2D eigenvalue weighted by Crippen LogP contribution is -2.47. The van der Waals surface area contributed by atoms with Crippen LogP contribution >= 0.6 is 0 Å². The van der Waals surface area contributed by atoms with Crippen LogP contribution in [-0.2, 0) is 4.79 Å². The van der Waals surface area contributed by atoms with Crippen molar-refractivity contribution in [2.75, 3.05) is 43.2 Å². The summed E-state index contributed by atoms with van der Waals surface area (Å²) in [5, 5.41) is 2.68. The molecule has 3 heterocycles. The summed E-state index contributed by atoms with van der Waals surface area (Å²) >= 11 is 0. The normalized spacial score (nSPS) is 17.6. The van der Waals surface area contributed by atoms with Gasteiger partial charge in [-0.3, -0.25) is 9.69 Å². The van der Waals surface area contributed by atoms with Crippen LogP contribution in [0.4, 0.5) is 11.6 Å². The third-order valence-electron chi connectivity index (χ3n) is 4.98. The number of ether oxygens (including phenoxy) is 2. The fourth-order valence-corrected chi connectivity index (χ4v) is 3.45. The molecule has 1 aromatic carbocycles. The number of fused-ring (bicyclic) bond motifs is 1. The average Bonchev–Trinajstić information content (AvgIpc) is 3.15. The zero-order chi connectivity index (χ0) is 18.8. The van der Waals surface area contributed by atoms with E-state index in [1.807, 2.05) is 6.07 Å². The molecule has 2 aliphatic rings. The van der Waals surface area contributed by atoms with Gasteiger partial charge in [-0.25, -0.2) is 9.97 Å². The van der Waals surface area contributed by atoms with E-state index in [1.54, 1.807) is 12.4 Å². The van der Waals surface area contributed by atoms with Crippen LogP contribution in [0, 0.1) is 0 Å². The molecular weight excluding hydrogens is 346 g/mol. The van der Waals surface area contributed by atoms with Crippen LogP contribution in [-0.4, -0.2) is 53.7 Å². The molecule has 2 aromatic rings. The summed E-state index contributed by atoms with van der Waals surface area (Å²) in [5.41, 5.74) is 1.84. The minimum absolute atomic E-state index is 0.127. The van der Waals surface area contributed by atoms with E-state index in [0.717, 1.165) is 37.7 Å². The highest BCUT2D eigenvalue weighted by Gasteiger charge is 2.25. The van der Waals surface area contributed by atoms with Crippen LogP contribution in [0.15, 0.2) is 30.6 Å². The molecule has 0 bridgehead atoms. The first-order valence-corrected chi connectivity index (χ1v) is 9.08. The van der Waals surface area contributed by atoms with Crippen molar-refractivity contribution in [3.8, 4) is 11.5 Å². The summed E-state index contributed by atoms with van der Waals surface area (Å²) in [6.45, 7) is 7.54. The Kier molecular flexibility index (Phi) is 4.81. The molecule has 1 N–H and O–H groups in total. The number of aromatic nitrogens is 2. The zero-order valence-electron chi connectivity index (χ0n) is 15.5. The van der Waals surface area contributed by atoms with Crippen LogP contribution in [0.5, 0.6) is 11.5 Å². The Morgan fingerprint density at radius 2 is 1.81 bits per heavy atom. The largest absolute Gasteiger partial charge is 0.454 e. The minimum Gasteiger partial charge on any atom is -0.454 e. The van der Waals surface area contributed by atoms with Crippen molar-refractivity contribution in [1.29, 1.82) is 0 Å². The number of anilines is 2. The Balaban J connectivity index is 1.36. The van der Waals surface area contributed by atoms with Crippen LogP contribution in [0.2, 0.25) is 0 Å². The fraction of sp³-hybridized carbons (Fsp3) is 0.421. The number of hydrogen-bond acceptors (Lipinski definition) is 7. The van der Waals surface area contributed by atoms with Gasteiger partial charge in [-0.2, -0.15) is 0 Å². The second-order valence-corrected chi connectivity index (χ2v) is 6.76. The number of hydrogen-bond donors (Lipinski definition) is 1. The topological polar surface area (TPSA) is 79.8 Å². The number of carbonyl (C=O) groups excluding carboxylic acids is 1. The van der Waals surface area contributed by atoms with E-state index in [0.29, 0.717) is 24.5 Å². The van der Waals surface area contributed by atoms with Crippen LogP contribution < -0.4 is 19.7 Å². The molecule has 0 saturated carbocycles. The Morgan fingerprint density at radius 1 is 1.11 bits per heavy atom. The summed E-state index contributed by atoms with van der Waals surface area (Å²) in [4.78, 5) is 24.4. The van der Waals surface area contributed by atoms with E-state index in [4.69, 9.17) is 9.47 Å². The summed E-state index contributed by atoms with van der Waals surface area (Å²) in [6, 6.07) is 6.46. The lowest BCUT2D eigenvalue weighted by Gasteiger charge is -2.38. The molecule has 4 rings (SSSR count). The molecule has 142 valence electrons. The predicted molar refractivity (Wildman–Crippen MR) is 101 cm³/mol. The second-order valence-electron chi connectivity index (χ2n) is 6.76. The highest BCUT2D eigenvalue weighted by atomic mass is 16.7. The van der Waals surface area contributed by atoms with Crippen molar-refractivity contribution < 1.29 is 14.3 Å². The summed E-state index contributed by atoms with van der Waals surface area (Å²) in [7, 11) is 0. The van der Waals surface area contributed by atoms with Gasteiger partial charge in [-0.1, -0.05) is 6.07 Å². The predicted octanol–water partition coefficient (Wildman–Crippen LogP) is 2.05. The van der Waals surface area contributed by atoms with Gasteiger partial charge >= 0.3 is 0 Å². The third kappa shape index (κ3) is 3.80. The van der Waals surface area contributed by atoms with Crippen molar-refractivity contribution in [1.82, 2.24) is 14.9 Å². The lowest BCUT2D eigenvalue weighted by atomic mass is 10.1. The maximum Gasteiger partial charge on any atom is 0.231 e. The van der Waals surface area contributed by atoms with E-state index in [1.165, 1.54) is 12.5 Å². The molecule has 8 heteroatoms. The van der Waals surface area contributed by atoms with Crippen molar-refractivity contribution in [3.05, 3.63) is 36.2 Å². The van der Waals surface area contributed by atoms with Gasteiger partial charge in [0.1, 0.15) is 0 Å².